The summed E-state index contributed by atoms with van der Waals surface area (Å²) in [5.41, 5.74) is 5.08. The molecule has 6 N–H and O–H groups in total. The summed E-state index contributed by atoms with van der Waals surface area (Å²) in [6.45, 7) is 3.10. The largest absolute Gasteiger partial charge is 0.377 e. The number of nitrogens with one attached hydrogen (secondary N) is 4. The Kier molecular flexibility index (Phi) is 31.6. The molecule has 0 saturated heterocycles. The summed E-state index contributed by atoms with van der Waals surface area (Å²) in [5, 5.41) is 22.2. The molecule has 0 aliphatic rings. The number of carbonyl (C=O) groups excluding carboxylic acids is 4. The number of unbranched alkanes of at least 4 members (excludes halogenated alkanes) is 14. The van der Waals surface area contributed by atoms with Gasteiger partial charge < -0.3 is 40.6 Å². The molecule has 0 aliphatic heterocycles. The van der Waals surface area contributed by atoms with Crippen LogP contribution in [0.1, 0.15) is 121 Å². The molecule has 0 saturated carbocycles. The first-order valence-electron chi connectivity index (χ1n) is 19.1. The Morgan fingerprint density at radius 2 is 0.961 bits per heavy atom. The topological polar surface area (TPSA) is 222 Å². The summed E-state index contributed by atoms with van der Waals surface area (Å²) in [5.74, 6) is 0.179. The Morgan fingerprint density at radius 1 is 0.510 bits per heavy atom. The summed E-state index contributed by atoms with van der Waals surface area (Å²) >= 11 is 0. The average Bonchev–Trinajstić information content (AvgIpc) is 3.64. The first kappa shape index (κ1) is 45.8. The zero-order valence-corrected chi connectivity index (χ0v) is 30.9. The molecular formula is C35H66N8O8. The van der Waals surface area contributed by atoms with Gasteiger partial charge in [-0.25, -0.2) is 5.10 Å². The van der Waals surface area contributed by atoms with E-state index >= 15 is 0 Å². The highest BCUT2D eigenvalue weighted by molar-refractivity contribution is 5.77. The first-order valence-corrected chi connectivity index (χ1v) is 19.1. The van der Waals surface area contributed by atoms with E-state index in [2.05, 4.69) is 36.6 Å². The van der Waals surface area contributed by atoms with Gasteiger partial charge in [-0.15, -0.1) is 5.10 Å². The summed E-state index contributed by atoms with van der Waals surface area (Å²) in [4.78, 5) is 46.2. The number of aromatic nitrogens is 4. The number of carbonyl (C=O) groups is 4. The number of aromatic amines is 1. The van der Waals surface area contributed by atoms with Gasteiger partial charge in [-0.1, -0.05) is 77.0 Å². The van der Waals surface area contributed by atoms with Crippen molar-refractivity contribution in [2.75, 3.05) is 72.5 Å². The van der Waals surface area contributed by atoms with Crippen molar-refractivity contribution in [2.45, 2.75) is 122 Å². The Labute approximate surface area is 304 Å². The minimum atomic E-state index is -0.310. The van der Waals surface area contributed by atoms with E-state index in [1.54, 1.807) is 0 Å². The van der Waals surface area contributed by atoms with Crippen molar-refractivity contribution in [3.05, 3.63) is 5.82 Å². The number of tetrazole rings is 1. The fraction of sp³-hybridized carbons (Fsp3) is 0.857. The zero-order chi connectivity index (χ0) is 36.9. The van der Waals surface area contributed by atoms with E-state index in [4.69, 9.17) is 24.7 Å². The van der Waals surface area contributed by atoms with E-state index in [0.717, 1.165) is 50.8 Å². The van der Waals surface area contributed by atoms with Crippen LogP contribution in [0.15, 0.2) is 0 Å². The molecule has 16 nitrogen and oxygen atoms in total. The molecule has 0 aliphatic carbocycles. The Hall–Kier alpha value is -3.21. The predicted molar refractivity (Wildman–Crippen MR) is 192 cm³/mol. The highest BCUT2D eigenvalue weighted by atomic mass is 16.5. The second kappa shape index (κ2) is 35.2. The number of hydrogen-bond donors (Lipinski definition) is 5. The second-order valence-electron chi connectivity index (χ2n) is 12.6. The van der Waals surface area contributed by atoms with Gasteiger partial charge in [0.1, 0.15) is 19.0 Å². The van der Waals surface area contributed by atoms with Crippen molar-refractivity contribution in [1.29, 1.82) is 0 Å². The molecule has 16 heteroatoms. The highest BCUT2D eigenvalue weighted by Gasteiger charge is 2.04. The highest BCUT2D eigenvalue weighted by Crippen LogP contribution is 2.13. The Morgan fingerprint density at radius 3 is 1.49 bits per heavy atom. The summed E-state index contributed by atoms with van der Waals surface area (Å²) in [6.07, 6.45) is 20.2. The molecular weight excluding hydrogens is 660 g/mol. The monoisotopic (exact) mass is 727 g/mol. The minimum absolute atomic E-state index is 0.0491. The molecule has 0 spiro atoms. The maximum Gasteiger partial charge on any atom is 0.246 e. The van der Waals surface area contributed by atoms with Gasteiger partial charge in [0, 0.05) is 38.9 Å². The van der Waals surface area contributed by atoms with E-state index in [-0.39, 0.29) is 50.1 Å². The van der Waals surface area contributed by atoms with Gasteiger partial charge in [0.05, 0.1) is 39.6 Å². The van der Waals surface area contributed by atoms with Crippen molar-refractivity contribution >= 4 is 23.6 Å². The number of nitrogens with two attached hydrogens (primary N) is 1. The van der Waals surface area contributed by atoms with E-state index in [1.165, 1.54) is 64.2 Å². The Balaban J connectivity index is 1.72. The van der Waals surface area contributed by atoms with Gasteiger partial charge in [0.25, 0.3) is 0 Å². The van der Waals surface area contributed by atoms with Gasteiger partial charge in [0.15, 0.2) is 0 Å². The second-order valence-corrected chi connectivity index (χ2v) is 12.6. The van der Waals surface area contributed by atoms with Crippen molar-refractivity contribution in [1.82, 2.24) is 36.6 Å². The van der Waals surface area contributed by atoms with Crippen LogP contribution in [0.2, 0.25) is 0 Å². The van der Waals surface area contributed by atoms with E-state index < -0.39 is 0 Å². The fourth-order valence-corrected chi connectivity index (χ4v) is 5.12. The lowest BCUT2D eigenvalue weighted by Crippen LogP contribution is -2.31. The molecule has 294 valence electrons. The van der Waals surface area contributed by atoms with Crippen molar-refractivity contribution in [2.24, 2.45) is 5.73 Å². The van der Waals surface area contributed by atoms with Crippen LogP contribution >= 0.6 is 0 Å². The molecule has 51 heavy (non-hydrogen) atoms. The molecule has 1 heterocycles. The average molecular weight is 727 g/mol. The lowest BCUT2D eigenvalue weighted by Gasteiger charge is -2.09. The van der Waals surface area contributed by atoms with Crippen LogP contribution in [-0.4, -0.2) is 117 Å². The number of hydrogen-bond acceptors (Lipinski definition) is 11. The summed E-state index contributed by atoms with van der Waals surface area (Å²) in [6, 6.07) is 0. The van der Waals surface area contributed by atoms with Crippen LogP contribution in [0.25, 0.3) is 0 Å². The van der Waals surface area contributed by atoms with Crippen LogP contribution < -0.4 is 21.7 Å². The van der Waals surface area contributed by atoms with Crippen LogP contribution in [0.5, 0.6) is 0 Å². The predicted octanol–water partition coefficient (Wildman–Crippen LogP) is 2.66. The quantitative estimate of drug-likeness (QED) is 0.0624. The standard InChI is InChI=1S/C35H66N8O8/c36-31(44)17-13-12-16-20-37-34(46)29-50-27-26-49-24-22-39-35(47)30-51-28-25-48-23-21-38-33(45)19-15-11-9-7-5-3-1-2-4-6-8-10-14-18-32-40-42-43-41-32/h1-30H2,(H2,36,44)(H,37,46)(H,38,45)(H,39,47)(H,40,41,42,43). The lowest BCUT2D eigenvalue weighted by molar-refractivity contribution is -0.127. The molecule has 1 rings (SSSR count). The third kappa shape index (κ3) is 33.7. The third-order valence-corrected chi connectivity index (χ3v) is 7.98. The maximum atomic E-state index is 12.0. The molecule has 4 amide bonds. The third-order valence-electron chi connectivity index (χ3n) is 7.98. The van der Waals surface area contributed by atoms with E-state index in [1.807, 2.05) is 0 Å². The number of rotatable bonds is 38. The van der Waals surface area contributed by atoms with Gasteiger partial charge in [-0.2, -0.15) is 0 Å². The molecule has 0 atom stereocenters. The minimum Gasteiger partial charge on any atom is -0.377 e. The van der Waals surface area contributed by atoms with E-state index in [0.29, 0.717) is 58.9 Å². The SMILES string of the molecule is NC(=O)CCCCCNC(=O)COCCOCCNC(=O)COCCOCCNC(=O)CCCCCCCCCCCCCCCc1nnn[nH]1. The molecule has 0 fully saturated rings. The molecule has 1 aromatic rings. The van der Waals surface area contributed by atoms with Crippen LogP contribution in [0.4, 0.5) is 0 Å². The van der Waals surface area contributed by atoms with Crippen molar-refractivity contribution in [3.63, 3.8) is 0 Å². The Bertz CT molecular complexity index is 987. The zero-order valence-electron chi connectivity index (χ0n) is 30.9. The van der Waals surface area contributed by atoms with Gasteiger partial charge in [-0.05, 0) is 36.1 Å². The lowest BCUT2D eigenvalue weighted by atomic mass is 10.0. The molecule has 1 aromatic heterocycles. The molecule has 0 unspecified atom stereocenters. The summed E-state index contributed by atoms with van der Waals surface area (Å²) < 4.78 is 21.4. The van der Waals surface area contributed by atoms with Gasteiger partial charge >= 0.3 is 0 Å². The van der Waals surface area contributed by atoms with Crippen LogP contribution in [-0.2, 0) is 44.5 Å². The fourth-order valence-electron chi connectivity index (χ4n) is 5.12. The maximum absolute atomic E-state index is 12.0. The molecule has 0 bridgehead atoms. The van der Waals surface area contributed by atoms with Crippen molar-refractivity contribution < 1.29 is 38.1 Å². The molecule has 0 radical (unpaired) electrons. The van der Waals surface area contributed by atoms with Crippen LogP contribution in [0, 0.1) is 0 Å². The summed E-state index contributed by atoms with van der Waals surface area (Å²) in [7, 11) is 0. The smallest absolute Gasteiger partial charge is 0.246 e. The number of primary amides is 1. The van der Waals surface area contributed by atoms with Crippen LogP contribution in [0.3, 0.4) is 0 Å². The number of ether oxygens (including phenoxy) is 4. The molecule has 0 aromatic carbocycles. The van der Waals surface area contributed by atoms with E-state index in [9.17, 15) is 19.2 Å². The first-order chi connectivity index (χ1) is 25.0. The number of aryl methyl sites for hydroxylation is 1. The number of H-pyrrole nitrogens is 1. The van der Waals surface area contributed by atoms with Crippen molar-refractivity contribution in [3.8, 4) is 0 Å². The number of amides is 4. The van der Waals surface area contributed by atoms with Gasteiger partial charge in [-0.3, -0.25) is 19.2 Å². The van der Waals surface area contributed by atoms with Gasteiger partial charge in [0.2, 0.25) is 23.6 Å². The normalized spacial score (nSPS) is 11.1. The number of nitrogens with zero attached hydrogens (tertiary/aromatic N) is 3.